The van der Waals surface area contributed by atoms with Gasteiger partial charge in [0.2, 0.25) is 11.8 Å². The smallest absolute Gasteiger partial charge is 0.477 e. The first-order chi connectivity index (χ1) is 12.1. The number of hydrogen-bond donors (Lipinski definition) is 1. The van der Waals surface area contributed by atoms with Crippen molar-refractivity contribution >= 4 is 18.6 Å². The fourth-order valence-corrected chi connectivity index (χ4v) is 2.48. The molecule has 1 N–H and O–H groups in total. The van der Waals surface area contributed by atoms with Gasteiger partial charge in [-0.1, -0.05) is 6.07 Å². The molecular formula is C17H18BNO6. The Kier molecular flexibility index (Phi) is 5.21. The van der Waals surface area contributed by atoms with Crippen LogP contribution in [0.2, 0.25) is 0 Å². The molecule has 1 aromatic heterocycles. The second-order valence-electron chi connectivity index (χ2n) is 5.28. The highest BCUT2D eigenvalue weighted by Crippen LogP contribution is 2.26. The van der Waals surface area contributed by atoms with Gasteiger partial charge in [-0.25, -0.2) is 4.79 Å². The van der Waals surface area contributed by atoms with E-state index < -0.39 is 13.1 Å². The Morgan fingerprint density at radius 1 is 1.28 bits per heavy atom. The highest BCUT2D eigenvalue weighted by Gasteiger charge is 2.27. The molecule has 0 amide bonds. The number of pyridine rings is 1. The summed E-state index contributed by atoms with van der Waals surface area (Å²) >= 11 is 0. The quantitative estimate of drug-likeness (QED) is 0.631. The van der Waals surface area contributed by atoms with E-state index in [0.29, 0.717) is 19.0 Å². The van der Waals surface area contributed by atoms with Gasteiger partial charge in [-0.15, -0.1) is 0 Å². The van der Waals surface area contributed by atoms with Crippen LogP contribution in [0.5, 0.6) is 17.5 Å². The molecule has 0 saturated heterocycles. The Labute approximate surface area is 145 Å². The minimum Gasteiger partial charge on any atom is -0.477 e. The summed E-state index contributed by atoms with van der Waals surface area (Å²) in [6, 6.07) is 8.39. The number of ether oxygens (including phenoxy) is 3. The Bertz CT molecular complexity index is 782. The van der Waals surface area contributed by atoms with E-state index >= 15 is 0 Å². The van der Waals surface area contributed by atoms with Gasteiger partial charge in [-0.2, -0.15) is 4.98 Å². The predicted octanol–water partition coefficient (Wildman–Crippen LogP) is 1.67. The second kappa shape index (κ2) is 7.54. The summed E-state index contributed by atoms with van der Waals surface area (Å²) in [6.07, 6.45) is 0. The number of carbonyl (C=O) groups excluding carboxylic acids is 1. The first-order valence-corrected chi connectivity index (χ1v) is 8.03. The zero-order valence-electron chi connectivity index (χ0n) is 14.0. The van der Waals surface area contributed by atoms with Crippen LogP contribution in [0.25, 0.3) is 0 Å². The van der Waals surface area contributed by atoms with E-state index in [1.807, 2.05) is 0 Å². The highest BCUT2D eigenvalue weighted by molar-refractivity contribution is 6.61. The maximum Gasteiger partial charge on any atom is 0.491 e. The lowest BCUT2D eigenvalue weighted by Gasteiger charge is -2.11. The molecule has 8 heteroatoms. The van der Waals surface area contributed by atoms with Gasteiger partial charge < -0.3 is 23.9 Å². The van der Waals surface area contributed by atoms with Crippen molar-refractivity contribution in [1.29, 1.82) is 0 Å². The zero-order chi connectivity index (χ0) is 17.8. The average molecular weight is 343 g/mol. The lowest BCUT2D eigenvalue weighted by Crippen LogP contribution is -2.27. The molecular weight excluding hydrogens is 325 g/mol. The van der Waals surface area contributed by atoms with Gasteiger partial charge in [0.05, 0.1) is 19.8 Å². The van der Waals surface area contributed by atoms with Gasteiger partial charge in [0, 0.05) is 6.07 Å². The summed E-state index contributed by atoms with van der Waals surface area (Å²) in [5.41, 5.74) is 1.84. The van der Waals surface area contributed by atoms with Crippen LogP contribution < -0.4 is 14.9 Å². The largest absolute Gasteiger partial charge is 0.491 e. The van der Waals surface area contributed by atoms with Gasteiger partial charge >= 0.3 is 13.1 Å². The van der Waals surface area contributed by atoms with Gasteiger partial charge in [0.15, 0.2) is 0 Å². The topological polar surface area (TPSA) is 87.1 Å². The number of esters is 1. The molecule has 25 heavy (non-hydrogen) atoms. The van der Waals surface area contributed by atoms with Crippen molar-refractivity contribution in [3.63, 3.8) is 0 Å². The molecule has 0 aliphatic carbocycles. The Balaban J connectivity index is 1.83. The third kappa shape index (κ3) is 3.75. The number of carbonyl (C=O) groups is 1. The van der Waals surface area contributed by atoms with Crippen LogP contribution in [0.1, 0.15) is 29.8 Å². The van der Waals surface area contributed by atoms with Gasteiger partial charge in [-0.05, 0) is 43.1 Å². The lowest BCUT2D eigenvalue weighted by molar-refractivity contribution is 0.0521. The van der Waals surface area contributed by atoms with Crippen LogP contribution >= 0.6 is 0 Å². The number of nitrogens with zero attached hydrogens (tertiary/aromatic N) is 1. The predicted molar refractivity (Wildman–Crippen MR) is 90.3 cm³/mol. The number of aromatic nitrogens is 1. The molecule has 0 unspecified atom stereocenters. The van der Waals surface area contributed by atoms with Crippen molar-refractivity contribution < 1.29 is 28.7 Å². The molecule has 3 rings (SSSR count). The minimum absolute atomic E-state index is 0.165. The van der Waals surface area contributed by atoms with E-state index in [1.54, 1.807) is 44.2 Å². The van der Waals surface area contributed by atoms with E-state index in [0.717, 1.165) is 11.0 Å². The molecule has 0 spiro atoms. The Morgan fingerprint density at radius 2 is 2.12 bits per heavy atom. The van der Waals surface area contributed by atoms with Gasteiger partial charge in [0.1, 0.15) is 11.3 Å². The first-order valence-electron chi connectivity index (χ1n) is 8.03. The molecule has 1 aliphatic heterocycles. The number of rotatable bonds is 6. The maximum absolute atomic E-state index is 11.9. The summed E-state index contributed by atoms with van der Waals surface area (Å²) < 4.78 is 21.3. The fraction of sp³-hybridized carbons (Fsp3) is 0.294. The van der Waals surface area contributed by atoms with Crippen LogP contribution in [-0.2, 0) is 16.0 Å². The monoisotopic (exact) mass is 343 g/mol. The molecule has 0 radical (unpaired) electrons. The van der Waals surface area contributed by atoms with Crippen LogP contribution in [-0.4, -0.2) is 36.3 Å². The first kappa shape index (κ1) is 17.3. The zero-order valence-corrected chi connectivity index (χ0v) is 14.0. The summed E-state index contributed by atoms with van der Waals surface area (Å²) in [4.78, 5) is 16.2. The average Bonchev–Trinajstić information content (AvgIpc) is 2.96. The van der Waals surface area contributed by atoms with Crippen LogP contribution in [0.4, 0.5) is 0 Å². The molecule has 2 heterocycles. The summed E-state index contributed by atoms with van der Waals surface area (Å²) in [5.74, 6) is 0.512. The molecule has 1 aliphatic rings. The van der Waals surface area contributed by atoms with E-state index in [1.165, 1.54) is 0 Å². The molecule has 0 bridgehead atoms. The molecule has 1 aromatic carbocycles. The maximum atomic E-state index is 11.9. The van der Waals surface area contributed by atoms with E-state index in [4.69, 9.17) is 18.9 Å². The second-order valence-corrected chi connectivity index (χ2v) is 5.28. The third-order valence-electron chi connectivity index (χ3n) is 3.61. The normalized spacial score (nSPS) is 12.7. The van der Waals surface area contributed by atoms with Crippen LogP contribution in [0.15, 0.2) is 30.3 Å². The number of benzene rings is 1. The van der Waals surface area contributed by atoms with E-state index in [-0.39, 0.29) is 23.9 Å². The van der Waals surface area contributed by atoms with E-state index in [9.17, 15) is 9.82 Å². The molecule has 0 fully saturated rings. The fourth-order valence-electron chi connectivity index (χ4n) is 2.48. The summed E-state index contributed by atoms with van der Waals surface area (Å²) in [5, 5.41) is 9.65. The lowest BCUT2D eigenvalue weighted by atomic mass is 9.80. The molecule has 0 saturated carbocycles. The minimum atomic E-state index is -0.893. The Hall–Kier alpha value is -2.58. The van der Waals surface area contributed by atoms with Gasteiger partial charge in [-0.3, -0.25) is 0 Å². The molecule has 130 valence electrons. The Morgan fingerprint density at radius 3 is 2.88 bits per heavy atom. The van der Waals surface area contributed by atoms with Crippen molar-refractivity contribution in [2.24, 2.45) is 0 Å². The SMILES string of the molecule is CCOC(=O)c1ccc(Oc2ccc3c(c2)COB3O)nc1OCC. The summed E-state index contributed by atoms with van der Waals surface area (Å²) in [7, 11) is -0.893. The van der Waals surface area contributed by atoms with Crippen molar-refractivity contribution in [3.05, 3.63) is 41.5 Å². The van der Waals surface area contributed by atoms with Crippen molar-refractivity contribution in [2.75, 3.05) is 13.2 Å². The third-order valence-corrected chi connectivity index (χ3v) is 3.61. The van der Waals surface area contributed by atoms with Crippen LogP contribution in [0.3, 0.4) is 0 Å². The molecule has 2 aromatic rings. The van der Waals surface area contributed by atoms with Crippen molar-refractivity contribution in [2.45, 2.75) is 20.5 Å². The number of fused-ring (bicyclic) bond motifs is 1. The van der Waals surface area contributed by atoms with Crippen LogP contribution in [0, 0.1) is 0 Å². The summed E-state index contributed by atoms with van der Waals surface area (Å²) in [6.45, 7) is 4.49. The van der Waals surface area contributed by atoms with Crippen molar-refractivity contribution in [3.8, 4) is 17.5 Å². The highest BCUT2D eigenvalue weighted by atomic mass is 16.5. The van der Waals surface area contributed by atoms with Gasteiger partial charge in [0.25, 0.3) is 0 Å². The molecule has 0 atom stereocenters. The molecule has 7 nitrogen and oxygen atoms in total. The number of hydrogen-bond acceptors (Lipinski definition) is 7. The van der Waals surface area contributed by atoms with Crippen molar-refractivity contribution in [1.82, 2.24) is 4.98 Å². The van der Waals surface area contributed by atoms with E-state index in [2.05, 4.69) is 4.98 Å². The standard InChI is InChI=1S/C17H18BNO6/c1-3-22-16-13(17(20)23-4-2)6-8-15(19-16)25-12-5-7-14-11(9-12)10-24-18(14)21/h5-9,21H,3-4,10H2,1-2H3.